The monoisotopic (exact) mass is 561 g/mol. The number of hydrogen-bond acceptors (Lipinski definition) is 6. The van der Waals surface area contributed by atoms with E-state index < -0.39 is 65.3 Å². The Morgan fingerprint density at radius 1 is 1.14 bits per heavy atom. The van der Waals surface area contributed by atoms with Crippen LogP contribution in [0.15, 0.2) is 53.4 Å². The molecule has 1 aliphatic rings. The maximum atomic E-state index is 13.0. The number of benzene rings is 2. The van der Waals surface area contributed by atoms with Crippen LogP contribution in [0.25, 0.3) is 0 Å². The van der Waals surface area contributed by atoms with E-state index in [0.717, 1.165) is 16.4 Å². The number of rotatable bonds is 7. The predicted octanol–water partition coefficient (Wildman–Crippen LogP) is 2.48. The molecule has 1 aliphatic heterocycles. The quantitative estimate of drug-likeness (QED) is 0.532. The fourth-order valence-corrected chi connectivity index (χ4v) is 7.54. The van der Waals surface area contributed by atoms with Crippen molar-refractivity contribution in [2.75, 3.05) is 0 Å². The highest BCUT2D eigenvalue weighted by Gasteiger charge is 2.49. The molecule has 0 spiro atoms. The Bertz CT molecular complexity index is 1420. The summed E-state index contributed by atoms with van der Waals surface area (Å²) >= 11 is 0. The number of nitrogens with two attached hydrogens (primary N) is 1. The van der Waals surface area contributed by atoms with Gasteiger partial charge in [0.15, 0.2) is 0 Å². The fourth-order valence-electron chi connectivity index (χ4n) is 4.06. The Hall–Kier alpha value is -2.97. The van der Waals surface area contributed by atoms with E-state index in [-0.39, 0.29) is 12.8 Å². The van der Waals surface area contributed by atoms with Crippen LogP contribution in [-0.4, -0.2) is 44.5 Å². The standard InChI is InChI=1S/C23H26F3N3O6S2/c1-22(2,3)29-20(30)13-19(37(29,34)35)15-9-7-14(8-10-15)11-18(21(27)31)28-36(32,33)17-6-4-5-16(12-17)23(24,25)26/h4-10,12,18-19,28H,11,13H2,1-3H3,(H2,27,31). The molecule has 0 bridgehead atoms. The predicted molar refractivity (Wildman–Crippen MR) is 128 cm³/mol. The van der Waals surface area contributed by atoms with Gasteiger partial charge in [-0.2, -0.15) is 17.9 Å². The van der Waals surface area contributed by atoms with Crippen LogP contribution in [0, 0.1) is 0 Å². The molecule has 0 saturated carbocycles. The second-order valence-corrected chi connectivity index (χ2v) is 13.3. The highest BCUT2D eigenvalue weighted by atomic mass is 32.2. The molecule has 9 nitrogen and oxygen atoms in total. The zero-order chi connectivity index (χ0) is 28.0. The molecule has 2 amide bonds. The summed E-state index contributed by atoms with van der Waals surface area (Å²) in [5.74, 6) is -1.59. The summed E-state index contributed by atoms with van der Waals surface area (Å²) in [5, 5.41) is -1.10. The Morgan fingerprint density at radius 2 is 1.73 bits per heavy atom. The van der Waals surface area contributed by atoms with Crippen molar-refractivity contribution in [1.82, 2.24) is 9.03 Å². The van der Waals surface area contributed by atoms with E-state index in [1.807, 2.05) is 4.72 Å². The van der Waals surface area contributed by atoms with Gasteiger partial charge < -0.3 is 5.73 Å². The minimum atomic E-state index is -4.77. The third kappa shape index (κ3) is 6.13. The first-order valence-electron chi connectivity index (χ1n) is 11.0. The summed E-state index contributed by atoms with van der Waals surface area (Å²) in [4.78, 5) is 23.7. The Morgan fingerprint density at radius 3 is 2.22 bits per heavy atom. The van der Waals surface area contributed by atoms with Gasteiger partial charge in [-0.25, -0.2) is 21.1 Å². The molecule has 0 aliphatic carbocycles. The Labute approximate surface area is 212 Å². The van der Waals surface area contributed by atoms with Crippen molar-refractivity contribution in [3.63, 3.8) is 0 Å². The zero-order valence-electron chi connectivity index (χ0n) is 20.1. The van der Waals surface area contributed by atoms with Gasteiger partial charge >= 0.3 is 6.18 Å². The topological polar surface area (TPSA) is 144 Å². The number of carbonyl (C=O) groups is 2. The van der Waals surface area contributed by atoms with Crippen molar-refractivity contribution < 1.29 is 39.6 Å². The SMILES string of the molecule is CC(C)(C)N1C(=O)CC(c2ccc(CC(NS(=O)(=O)c3cccc(C(F)(F)F)c3)C(N)=O)cc2)S1(=O)=O. The lowest BCUT2D eigenvalue weighted by Gasteiger charge is -2.30. The number of alkyl halides is 3. The van der Waals surface area contributed by atoms with Gasteiger partial charge in [-0.15, -0.1) is 0 Å². The molecule has 1 saturated heterocycles. The molecule has 2 atom stereocenters. The third-order valence-electron chi connectivity index (χ3n) is 5.71. The number of halogens is 3. The van der Waals surface area contributed by atoms with Gasteiger partial charge in [0.25, 0.3) is 0 Å². The van der Waals surface area contributed by atoms with Gasteiger partial charge in [0, 0.05) is 0 Å². The van der Waals surface area contributed by atoms with Crippen molar-refractivity contribution in [3.05, 3.63) is 65.2 Å². The largest absolute Gasteiger partial charge is 0.416 e. The second-order valence-electron chi connectivity index (χ2n) is 9.61. The van der Waals surface area contributed by atoms with Gasteiger partial charge in [0.1, 0.15) is 11.3 Å². The van der Waals surface area contributed by atoms with Crippen LogP contribution >= 0.6 is 0 Å². The minimum absolute atomic E-state index is 0.236. The number of nitrogens with one attached hydrogen (secondary N) is 1. The average molecular weight is 562 g/mol. The molecule has 37 heavy (non-hydrogen) atoms. The average Bonchev–Trinajstić information content (AvgIpc) is 3.01. The first-order valence-corrected chi connectivity index (χ1v) is 14.0. The third-order valence-corrected chi connectivity index (χ3v) is 9.60. The lowest BCUT2D eigenvalue weighted by atomic mass is 10.0. The van der Waals surface area contributed by atoms with Crippen molar-refractivity contribution in [1.29, 1.82) is 0 Å². The summed E-state index contributed by atoms with van der Waals surface area (Å²) in [5.41, 5.74) is 3.96. The Kier molecular flexibility index (Phi) is 7.52. The van der Waals surface area contributed by atoms with Crippen LogP contribution in [0.4, 0.5) is 13.2 Å². The molecule has 1 heterocycles. The molecule has 3 rings (SSSR count). The second kappa shape index (κ2) is 9.72. The molecule has 3 N–H and O–H groups in total. The van der Waals surface area contributed by atoms with Crippen LogP contribution in [0.5, 0.6) is 0 Å². The Balaban J connectivity index is 1.81. The highest BCUT2D eigenvalue weighted by molar-refractivity contribution is 7.90. The summed E-state index contributed by atoms with van der Waals surface area (Å²) in [6, 6.07) is 7.37. The van der Waals surface area contributed by atoms with Crippen LogP contribution < -0.4 is 10.5 Å². The summed E-state index contributed by atoms with van der Waals surface area (Å²) < 4.78 is 93.1. The number of nitrogens with zero attached hydrogens (tertiary/aromatic N) is 1. The molecule has 0 radical (unpaired) electrons. The van der Waals surface area contributed by atoms with E-state index in [4.69, 9.17) is 5.73 Å². The van der Waals surface area contributed by atoms with Gasteiger partial charge in [0.05, 0.1) is 22.4 Å². The molecule has 2 aromatic carbocycles. The molecule has 14 heteroatoms. The molecular formula is C23H26F3N3O6S2. The minimum Gasteiger partial charge on any atom is -0.368 e. The van der Waals surface area contributed by atoms with Gasteiger partial charge in [-0.3, -0.25) is 9.59 Å². The molecule has 2 aromatic rings. The fraction of sp³-hybridized carbons (Fsp3) is 0.391. The first-order chi connectivity index (χ1) is 16.8. The van der Waals surface area contributed by atoms with Crippen LogP contribution in [0.3, 0.4) is 0 Å². The van der Waals surface area contributed by atoms with Crippen LogP contribution in [0.1, 0.15) is 49.1 Å². The number of primary amides is 1. The zero-order valence-corrected chi connectivity index (χ0v) is 21.7. The van der Waals surface area contributed by atoms with Crippen LogP contribution in [0.2, 0.25) is 0 Å². The molecule has 0 aromatic heterocycles. The van der Waals surface area contributed by atoms with Gasteiger partial charge in [-0.1, -0.05) is 30.3 Å². The smallest absolute Gasteiger partial charge is 0.368 e. The number of sulfonamides is 2. The molecule has 202 valence electrons. The summed E-state index contributed by atoms with van der Waals surface area (Å²) in [6.07, 6.45) is -5.25. The molecule has 1 fully saturated rings. The van der Waals surface area contributed by atoms with Crippen molar-refractivity contribution in [2.45, 2.75) is 61.5 Å². The lowest BCUT2D eigenvalue weighted by molar-refractivity contribution is -0.137. The van der Waals surface area contributed by atoms with E-state index in [9.17, 15) is 39.6 Å². The van der Waals surface area contributed by atoms with E-state index in [1.54, 1.807) is 20.8 Å². The lowest BCUT2D eigenvalue weighted by Crippen LogP contribution is -2.45. The summed E-state index contributed by atoms with van der Waals surface area (Å²) in [7, 11) is -8.51. The first kappa shape index (κ1) is 28.6. The number of carbonyl (C=O) groups excluding carboxylic acids is 2. The number of amides is 2. The molecular weight excluding hydrogens is 535 g/mol. The van der Waals surface area contributed by atoms with Crippen LogP contribution in [-0.2, 0) is 42.2 Å². The number of hydrogen-bond donors (Lipinski definition) is 2. The van der Waals surface area contributed by atoms with Crippen molar-refractivity contribution in [2.24, 2.45) is 5.73 Å². The van der Waals surface area contributed by atoms with Crippen molar-refractivity contribution >= 4 is 31.9 Å². The van der Waals surface area contributed by atoms with E-state index >= 15 is 0 Å². The van der Waals surface area contributed by atoms with E-state index in [2.05, 4.69) is 0 Å². The van der Waals surface area contributed by atoms with E-state index in [1.165, 1.54) is 24.3 Å². The highest BCUT2D eigenvalue weighted by Crippen LogP contribution is 2.40. The normalized spacial score (nSPS) is 19.1. The maximum Gasteiger partial charge on any atom is 0.416 e. The van der Waals surface area contributed by atoms with Gasteiger partial charge in [-0.05, 0) is 56.5 Å². The van der Waals surface area contributed by atoms with Gasteiger partial charge in [0.2, 0.25) is 31.9 Å². The molecule has 2 unspecified atom stereocenters. The summed E-state index contributed by atoms with van der Waals surface area (Å²) in [6.45, 7) is 4.83. The van der Waals surface area contributed by atoms with E-state index in [0.29, 0.717) is 23.3 Å². The maximum absolute atomic E-state index is 13.0. The van der Waals surface area contributed by atoms with Crippen molar-refractivity contribution in [3.8, 4) is 0 Å².